The number of allylic oxidation sites excluding steroid dienone is 1. The fraction of sp³-hybridized carbons (Fsp3) is 0.0345. The number of carbonyl (C=O) groups excluding carboxylic acids is 2. The van der Waals surface area contributed by atoms with Crippen LogP contribution in [0.5, 0.6) is 0 Å². The Kier molecular flexibility index (Phi) is 5.56. The first kappa shape index (κ1) is 20.5. The van der Waals surface area contributed by atoms with Crippen LogP contribution in [0.25, 0.3) is 0 Å². The maximum atomic E-state index is 13.8. The highest BCUT2D eigenvalue weighted by atomic mass is 16.2. The van der Waals surface area contributed by atoms with Crippen molar-refractivity contribution in [2.45, 2.75) is 6.04 Å². The number of anilines is 2. The summed E-state index contributed by atoms with van der Waals surface area (Å²) in [5, 5.41) is 3.43. The molecule has 0 spiro atoms. The Bertz CT molecular complexity index is 1320. The maximum absolute atomic E-state index is 13.8. The van der Waals surface area contributed by atoms with Gasteiger partial charge in [0.05, 0.1) is 11.4 Å². The van der Waals surface area contributed by atoms with Crippen molar-refractivity contribution in [3.05, 3.63) is 144 Å². The zero-order valence-corrected chi connectivity index (χ0v) is 17.9. The number of ketones is 1. The van der Waals surface area contributed by atoms with E-state index in [4.69, 9.17) is 0 Å². The van der Waals surface area contributed by atoms with Gasteiger partial charge in [-0.15, -0.1) is 0 Å². The number of rotatable bonds is 4. The van der Waals surface area contributed by atoms with Gasteiger partial charge >= 0.3 is 0 Å². The van der Waals surface area contributed by atoms with Crippen LogP contribution < -0.4 is 10.2 Å². The minimum absolute atomic E-state index is 0.120. The molecule has 4 nitrogen and oxygen atoms in total. The second kappa shape index (κ2) is 8.97. The van der Waals surface area contributed by atoms with E-state index in [1.165, 1.54) is 0 Å². The lowest BCUT2D eigenvalue weighted by Gasteiger charge is -2.40. The first-order valence-corrected chi connectivity index (χ1v) is 10.8. The van der Waals surface area contributed by atoms with Crippen LogP contribution >= 0.6 is 0 Å². The highest BCUT2D eigenvalue weighted by Crippen LogP contribution is 2.43. The van der Waals surface area contributed by atoms with Gasteiger partial charge in [0.15, 0.2) is 5.78 Å². The third kappa shape index (κ3) is 4.06. The number of hydrogen-bond donors (Lipinski definition) is 1. The molecule has 0 saturated carbocycles. The molecule has 1 heterocycles. The minimum Gasteiger partial charge on any atom is -0.355 e. The van der Waals surface area contributed by atoms with E-state index in [2.05, 4.69) is 5.32 Å². The highest BCUT2D eigenvalue weighted by Gasteiger charge is 2.36. The topological polar surface area (TPSA) is 49.4 Å². The van der Waals surface area contributed by atoms with Crippen LogP contribution in [-0.2, 0) is 0 Å². The lowest BCUT2D eigenvalue weighted by Crippen LogP contribution is -2.41. The summed E-state index contributed by atoms with van der Waals surface area (Å²) in [4.78, 5) is 28.7. The molecule has 0 saturated heterocycles. The summed E-state index contributed by atoms with van der Waals surface area (Å²) in [6, 6.07) is 35.3. The molecule has 5 rings (SSSR count). The van der Waals surface area contributed by atoms with Crippen molar-refractivity contribution < 1.29 is 9.59 Å². The third-order valence-electron chi connectivity index (χ3n) is 5.70. The van der Waals surface area contributed by atoms with Crippen LogP contribution in [0.2, 0.25) is 0 Å². The van der Waals surface area contributed by atoms with E-state index in [9.17, 15) is 9.59 Å². The van der Waals surface area contributed by atoms with Gasteiger partial charge in [0.1, 0.15) is 6.04 Å². The Morgan fingerprint density at radius 1 is 0.667 bits per heavy atom. The number of nitrogens with zero attached hydrogens (tertiary/aromatic N) is 1. The number of nitrogens with one attached hydrogen (secondary N) is 1. The number of para-hydroxylation sites is 2. The zero-order valence-electron chi connectivity index (χ0n) is 17.9. The summed E-state index contributed by atoms with van der Waals surface area (Å²) in [5.41, 5.74) is 4.29. The van der Waals surface area contributed by atoms with Crippen molar-refractivity contribution >= 4 is 23.1 Å². The molecular formula is C29H22N2O2. The molecule has 0 aliphatic carbocycles. The van der Waals surface area contributed by atoms with E-state index in [1.807, 2.05) is 103 Å². The Labute approximate surface area is 192 Å². The average Bonchev–Trinajstić information content (AvgIpc) is 2.89. The van der Waals surface area contributed by atoms with E-state index in [0.29, 0.717) is 16.8 Å². The van der Waals surface area contributed by atoms with Crippen LogP contribution in [0.4, 0.5) is 11.4 Å². The third-order valence-corrected chi connectivity index (χ3v) is 5.70. The minimum atomic E-state index is -0.485. The second-order valence-corrected chi connectivity index (χ2v) is 7.83. The number of carbonyl (C=O) groups is 2. The summed E-state index contributed by atoms with van der Waals surface area (Å²) in [6.07, 6.45) is 1.61. The normalized spacial score (nSPS) is 16.1. The summed E-state index contributed by atoms with van der Waals surface area (Å²) in [6.45, 7) is 0. The predicted octanol–water partition coefficient (Wildman–Crippen LogP) is 6.27. The molecule has 1 aliphatic rings. The van der Waals surface area contributed by atoms with Gasteiger partial charge in [-0.25, -0.2) is 0 Å². The maximum Gasteiger partial charge on any atom is 0.259 e. The first-order chi connectivity index (χ1) is 16.2. The summed E-state index contributed by atoms with van der Waals surface area (Å²) in [5.74, 6) is -0.248. The molecule has 1 amide bonds. The SMILES string of the molecule is O=C(/C=C1\Nc2ccccc2N(C(=O)c2ccccc2)C1c1ccccc1)c1ccccc1. The molecular weight excluding hydrogens is 408 g/mol. The van der Waals surface area contributed by atoms with Crippen molar-refractivity contribution in [2.75, 3.05) is 10.2 Å². The van der Waals surface area contributed by atoms with Crippen molar-refractivity contribution in [1.29, 1.82) is 0 Å². The van der Waals surface area contributed by atoms with Gasteiger partial charge in [0, 0.05) is 22.9 Å². The molecule has 1 unspecified atom stereocenters. The molecule has 33 heavy (non-hydrogen) atoms. The van der Waals surface area contributed by atoms with Gasteiger partial charge in [-0.2, -0.15) is 0 Å². The van der Waals surface area contributed by atoms with E-state index in [1.54, 1.807) is 23.1 Å². The quantitative estimate of drug-likeness (QED) is 0.307. The average molecular weight is 431 g/mol. The Balaban J connectivity index is 1.69. The summed E-state index contributed by atoms with van der Waals surface area (Å²) < 4.78 is 0. The van der Waals surface area contributed by atoms with Gasteiger partial charge in [0.25, 0.3) is 5.91 Å². The van der Waals surface area contributed by atoms with Crippen LogP contribution in [0, 0.1) is 0 Å². The van der Waals surface area contributed by atoms with Crippen molar-refractivity contribution in [1.82, 2.24) is 0 Å². The fourth-order valence-corrected chi connectivity index (χ4v) is 4.14. The van der Waals surface area contributed by atoms with Crippen LogP contribution in [0.1, 0.15) is 32.3 Å². The summed E-state index contributed by atoms with van der Waals surface area (Å²) >= 11 is 0. The lowest BCUT2D eigenvalue weighted by molar-refractivity contribution is 0.0976. The molecule has 0 aromatic heterocycles. The van der Waals surface area contributed by atoms with Gasteiger partial charge in [-0.3, -0.25) is 14.5 Å². The number of benzene rings is 4. The molecule has 4 aromatic rings. The van der Waals surface area contributed by atoms with Gasteiger partial charge < -0.3 is 5.32 Å². The van der Waals surface area contributed by atoms with Crippen LogP contribution in [0.15, 0.2) is 127 Å². The molecule has 160 valence electrons. The smallest absolute Gasteiger partial charge is 0.259 e. The molecule has 1 N–H and O–H groups in total. The Hall–Kier alpha value is -4.44. The number of hydrogen-bond acceptors (Lipinski definition) is 3. The van der Waals surface area contributed by atoms with E-state index in [0.717, 1.165) is 16.9 Å². The van der Waals surface area contributed by atoms with Gasteiger partial charge in [-0.1, -0.05) is 91.0 Å². The van der Waals surface area contributed by atoms with Crippen molar-refractivity contribution in [2.24, 2.45) is 0 Å². The van der Waals surface area contributed by atoms with E-state index >= 15 is 0 Å². The highest BCUT2D eigenvalue weighted by molar-refractivity contribution is 6.11. The van der Waals surface area contributed by atoms with E-state index in [-0.39, 0.29) is 11.7 Å². The monoisotopic (exact) mass is 430 g/mol. The summed E-state index contributed by atoms with van der Waals surface area (Å²) in [7, 11) is 0. The molecule has 1 aliphatic heterocycles. The Morgan fingerprint density at radius 2 is 1.21 bits per heavy atom. The zero-order chi connectivity index (χ0) is 22.6. The first-order valence-electron chi connectivity index (χ1n) is 10.8. The number of amides is 1. The molecule has 4 heteroatoms. The van der Waals surface area contributed by atoms with Gasteiger partial charge in [0.2, 0.25) is 0 Å². The molecule has 4 aromatic carbocycles. The number of fused-ring (bicyclic) bond motifs is 1. The molecule has 1 atom stereocenters. The van der Waals surface area contributed by atoms with Crippen molar-refractivity contribution in [3.8, 4) is 0 Å². The van der Waals surface area contributed by atoms with E-state index < -0.39 is 6.04 Å². The fourth-order valence-electron chi connectivity index (χ4n) is 4.14. The standard InChI is InChI=1S/C29H22N2O2/c32-27(21-12-4-1-5-13-21)20-25-28(22-14-6-2-7-15-22)31(26-19-11-10-18-24(26)30-25)29(33)23-16-8-3-9-17-23/h1-20,28,30H/b25-20-. The molecule has 0 fully saturated rings. The second-order valence-electron chi connectivity index (χ2n) is 7.83. The van der Waals surface area contributed by atoms with Crippen LogP contribution in [-0.4, -0.2) is 11.7 Å². The van der Waals surface area contributed by atoms with Gasteiger partial charge in [-0.05, 0) is 29.8 Å². The largest absolute Gasteiger partial charge is 0.355 e. The molecule has 0 radical (unpaired) electrons. The lowest BCUT2D eigenvalue weighted by atomic mass is 9.95. The predicted molar refractivity (Wildman–Crippen MR) is 131 cm³/mol. The van der Waals surface area contributed by atoms with Crippen molar-refractivity contribution in [3.63, 3.8) is 0 Å². The molecule has 0 bridgehead atoms. The Morgan fingerprint density at radius 3 is 1.88 bits per heavy atom. The van der Waals surface area contributed by atoms with Crippen LogP contribution in [0.3, 0.4) is 0 Å².